The minimum Gasteiger partial charge on any atom is -0.503 e. The highest BCUT2D eigenvalue weighted by molar-refractivity contribution is 9.10. The summed E-state index contributed by atoms with van der Waals surface area (Å²) in [4.78, 5) is 28.8. The number of Topliss-reactive ketones (excluding diaryl/α,β-unsaturated/α-hetero) is 1. The molecule has 1 N–H and O–H groups in total. The van der Waals surface area contributed by atoms with Gasteiger partial charge in [0, 0.05) is 21.6 Å². The van der Waals surface area contributed by atoms with Gasteiger partial charge in [-0.15, -0.1) is 0 Å². The zero-order chi connectivity index (χ0) is 27.0. The number of furan rings is 1. The molecule has 1 amide bonds. The SMILES string of the molecule is CCOc1cccc(N2C(=O)C(O)=C(C(=O)c3cc4cc(Br)ccc4o3)C2c2ccc(OC(C)C)cc2)c1. The standard InChI is InChI=1S/C30H26BrNO6/c1-4-36-23-7-5-6-21(16-23)32-27(18-8-11-22(12-9-18)37-17(2)3)26(29(34)30(32)35)28(33)25-15-19-14-20(31)10-13-24(19)38-25/h5-17,27,34H,4H2,1-3H3. The second-order valence-corrected chi connectivity index (χ2v) is 10.0. The summed E-state index contributed by atoms with van der Waals surface area (Å²) in [6, 6.07) is 20.2. The van der Waals surface area contributed by atoms with Gasteiger partial charge in [0.1, 0.15) is 17.1 Å². The van der Waals surface area contributed by atoms with Gasteiger partial charge in [-0.1, -0.05) is 34.1 Å². The zero-order valence-corrected chi connectivity index (χ0v) is 22.7. The number of carbonyl (C=O) groups is 2. The highest BCUT2D eigenvalue weighted by atomic mass is 79.9. The van der Waals surface area contributed by atoms with Crippen LogP contribution in [0.3, 0.4) is 0 Å². The second kappa shape index (κ2) is 10.4. The van der Waals surface area contributed by atoms with E-state index in [4.69, 9.17) is 13.9 Å². The van der Waals surface area contributed by atoms with Crippen molar-refractivity contribution in [2.45, 2.75) is 32.9 Å². The van der Waals surface area contributed by atoms with Gasteiger partial charge < -0.3 is 19.0 Å². The average molecular weight is 576 g/mol. The fraction of sp³-hybridized carbons (Fsp3) is 0.200. The first-order valence-corrected chi connectivity index (χ1v) is 13.1. The predicted molar refractivity (Wildman–Crippen MR) is 148 cm³/mol. The van der Waals surface area contributed by atoms with Gasteiger partial charge in [-0.25, -0.2) is 0 Å². The van der Waals surface area contributed by atoms with Gasteiger partial charge in [0.15, 0.2) is 11.5 Å². The van der Waals surface area contributed by atoms with Crippen molar-refractivity contribution in [3.05, 3.63) is 99.9 Å². The molecule has 1 atom stereocenters. The van der Waals surface area contributed by atoms with Gasteiger partial charge in [0.25, 0.3) is 5.91 Å². The first-order chi connectivity index (χ1) is 18.3. The zero-order valence-electron chi connectivity index (χ0n) is 21.1. The maximum atomic E-state index is 13.8. The van der Waals surface area contributed by atoms with Gasteiger partial charge >= 0.3 is 0 Å². The molecule has 0 aliphatic carbocycles. The number of aliphatic hydroxyl groups excluding tert-OH is 1. The normalized spacial score (nSPS) is 15.6. The van der Waals surface area contributed by atoms with Crippen molar-refractivity contribution >= 4 is 44.3 Å². The third kappa shape index (κ3) is 4.79. The van der Waals surface area contributed by atoms with E-state index >= 15 is 0 Å². The van der Waals surface area contributed by atoms with Crippen LogP contribution in [0.1, 0.15) is 42.9 Å². The van der Waals surface area contributed by atoms with Gasteiger partial charge in [0.05, 0.1) is 24.3 Å². The molecule has 1 aliphatic rings. The predicted octanol–water partition coefficient (Wildman–Crippen LogP) is 7.16. The molecule has 7 nitrogen and oxygen atoms in total. The van der Waals surface area contributed by atoms with Crippen LogP contribution in [0, 0.1) is 0 Å². The third-order valence-corrected chi connectivity index (χ3v) is 6.62. The number of anilines is 1. The summed E-state index contributed by atoms with van der Waals surface area (Å²) in [7, 11) is 0. The molecule has 4 aromatic rings. The van der Waals surface area contributed by atoms with Crippen molar-refractivity contribution in [2.24, 2.45) is 0 Å². The van der Waals surface area contributed by atoms with Crippen molar-refractivity contribution in [3.63, 3.8) is 0 Å². The number of halogens is 1. The summed E-state index contributed by atoms with van der Waals surface area (Å²) in [5.41, 5.74) is 1.57. The Morgan fingerprint density at radius 2 is 1.82 bits per heavy atom. The number of ether oxygens (including phenoxy) is 2. The van der Waals surface area contributed by atoms with Crippen molar-refractivity contribution < 1.29 is 28.6 Å². The summed E-state index contributed by atoms with van der Waals surface area (Å²) in [5, 5.41) is 11.8. The van der Waals surface area contributed by atoms with Crippen LogP contribution in [-0.2, 0) is 4.79 Å². The van der Waals surface area contributed by atoms with Crippen LogP contribution in [0.4, 0.5) is 5.69 Å². The van der Waals surface area contributed by atoms with Crippen LogP contribution < -0.4 is 14.4 Å². The Balaban J connectivity index is 1.62. The summed E-state index contributed by atoms with van der Waals surface area (Å²) in [6.45, 7) is 6.18. The molecule has 3 aromatic carbocycles. The molecule has 0 bridgehead atoms. The van der Waals surface area contributed by atoms with Gasteiger partial charge in [-0.3, -0.25) is 14.5 Å². The Morgan fingerprint density at radius 3 is 2.53 bits per heavy atom. The molecule has 8 heteroatoms. The fourth-order valence-corrected chi connectivity index (χ4v) is 4.95. The summed E-state index contributed by atoms with van der Waals surface area (Å²) in [5.74, 6) is -0.623. The minimum absolute atomic E-state index is 0.0130. The lowest BCUT2D eigenvalue weighted by atomic mass is 9.94. The van der Waals surface area contributed by atoms with E-state index < -0.39 is 23.5 Å². The Labute approximate surface area is 228 Å². The average Bonchev–Trinajstić information content (AvgIpc) is 3.42. The lowest BCUT2D eigenvalue weighted by molar-refractivity contribution is -0.117. The van der Waals surface area contributed by atoms with Crippen LogP contribution in [0.2, 0.25) is 0 Å². The molecule has 1 unspecified atom stereocenters. The smallest absolute Gasteiger partial charge is 0.294 e. The first-order valence-electron chi connectivity index (χ1n) is 12.3. The number of hydrogen-bond donors (Lipinski definition) is 1. The molecule has 1 aliphatic heterocycles. The van der Waals surface area contributed by atoms with Crippen LogP contribution in [0.5, 0.6) is 11.5 Å². The molecule has 0 saturated heterocycles. The highest BCUT2D eigenvalue weighted by Gasteiger charge is 2.45. The number of benzene rings is 3. The number of ketones is 1. The topological polar surface area (TPSA) is 89.2 Å². The van der Waals surface area contributed by atoms with E-state index in [1.165, 1.54) is 4.90 Å². The molecule has 38 heavy (non-hydrogen) atoms. The lowest BCUT2D eigenvalue weighted by Crippen LogP contribution is -2.31. The molecular formula is C30H26BrNO6. The maximum Gasteiger partial charge on any atom is 0.294 e. The monoisotopic (exact) mass is 575 g/mol. The molecule has 5 rings (SSSR count). The molecule has 0 saturated carbocycles. The second-order valence-electron chi connectivity index (χ2n) is 9.13. The van der Waals surface area contributed by atoms with E-state index in [0.29, 0.717) is 34.9 Å². The Morgan fingerprint density at radius 1 is 1.05 bits per heavy atom. The van der Waals surface area contributed by atoms with E-state index in [0.717, 1.165) is 9.86 Å². The summed E-state index contributed by atoms with van der Waals surface area (Å²) in [6.07, 6.45) is -0.0130. The maximum absolute atomic E-state index is 13.8. The van der Waals surface area contributed by atoms with E-state index in [1.54, 1.807) is 60.7 Å². The molecule has 2 heterocycles. The number of hydrogen-bond acceptors (Lipinski definition) is 6. The van der Waals surface area contributed by atoms with Crippen molar-refractivity contribution in [1.29, 1.82) is 0 Å². The number of aliphatic hydroxyl groups is 1. The molecule has 0 radical (unpaired) electrons. The Kier molecular flexibility index (Phi) is 6.99. The Hall–Kier alpha value is -4.04. The highest BCUT2D eigenvalue weighted by Crippen LogP contribution is 2.43. The van der Waals surface area contributed by atoms with Gasteiger partial charge in [0.2, 0.25) is 5.78 Å². The van der Waals surface area contributed by atoms with E-state index in [-0.39, 0.29) is 17.4 Å². The number of carbonyl (C=O) groups excluding carboxylic acids is 2. The molecule has 194 valence electrons. The van der Waals surface area contributed by atoms with Crippen LogP contribution in [-0.4, -0.2) is 29.5 Å². The van der Waals surface area contributed by atoms with E-state index in [9.17, 15) is 14.7 Å². The minimum atomic E-state index is -0.903. The third-order valence-electron chi connectivity index (χ3n) is 6.13. The number of fused-ring (bicyclic) bond motifs is 1. The van der Waals surface area contributed by atoms with Crippen LogP contribution in [0.15, 0.2) is 93.0 Å². The fourth-order valence-electron chi connectivity index (χ4n) is 4.57. The molecule has 0 fully saturated rings. The quantitative estimate of drug-likeness (QED) is 0.224. The van der Waals surface area contributed by atoms with Gasteiger partial charge in [-0.2, -0.15) is 0 Å². The molecular weight excluding hydrogens is 550 g/mol. The summed E-state index contributed by atoms with van der Waals surface area (Å²) < 4.78 is 18.1. The number of nitrogens with zero attached hydrogens (tertiary/aromatic N) is 1. The lowest BCUT2D eigenvalue weighted by Gasteiger charge is -2.27. The summed E-state index contributed by atoms with van der Waals surface area (Å²) >= 11 is 3.43. The van der Waals surface area contributed by atoms with E-state index in [2.05, 4.69) is 15.9 Å². The van der Waals surface area contributed by atoms with Crippen molar-refractivity contribution in [1.82, 2.24) is 0 Å². The molecule has 0 spiro atoms. The molecule has 1 aromatic heterocycles. The van der Waals surface area contributed by atoms with E-state index in [1.807, 2.05) is 32.9 Å². The largest absolute Gasteiger partial charge is 0.503 e. The van der Waals surface area contributed by atoms with Crippen LogP contribution in [0.25, 0.3) is 11.0 Å². The first kappa shape index (κ1) is 25.6. The van der Waals surface area contributed by atoms with Crippen LogP contribution >= 0.6 is 15.9 Å². The Bertz CT molecular complexity index is 1550. The van der Waals surface area contributed by atoms with Gasteiger partial charge in [-0.05, 0) is 74.9 Å². The van der Waals surface area contributed by atoms with Crippen molar-refractivity contribution in [2.75, 3.05) is 11.5 Å². The number of rotatable bonds is 8. The van der Waals surface area contributed by atoms with Crippen molar-refractivity contribution in [3.8, 4) is 11.5 Å². The number of amides is 1.